The first-order valence-corrected chi connectivity index (χ1v) is 6.11. The van der Waals surface area contributed by atoms with Gasteiger partial charge in [-0.1, -0.05) is 0 Å². The molecule has 3 atom stereocenters. The lowest BCUT2D eigenvalue weighted by atomic mass is 9.93. The lowest BCUT2D eigenvalue weighted by Gasteiger charge is -2.20. The number of aromatic nitrogens is 1. The van der Waals surface area contributed by atoms with Crippen LogP contribution in [0.2, 0.25) is 0 Å². The summed E-state index contributed by atoms with van der Waals surface area (Å²) in [6.45, 7) is 2.51. The first-order valence-electron chi connectivity index (χ1n) is 5.29. The van der Waals surface area contributed by atoms with Crippen molar-refractivity contribution in [1.29, 1.82) is 0 Å². The monoisotopic (exact) mass is 266 g/mol. The van der Waals surface area contributed by atoms with E-state index in [1.165, 1.54) is 6.20 Å². The van der Waals surface area contributed by atoms with Gasteiger partial charge in [-0.3, -0.25) is 0 Å². The van der Waals surface area contributed by atoms with Gasteiger partial charge in [-0.2, -0.15) is 13.2 Å². The van der Waals surface area contributed by atoms with E-state index in [1.54, 1.807) is 0 Å². The molecule has 2 rings (SSSR count). The summed E-state index contributed by atoms with van der Waals surface area (Å²) >= 11 is 0.620. The fourth-order valence-corrected chi connectivity index (χ4v) is 2.86. The number of alkyl halides is 3. The van der Waals surface area contributed by atoms with Gasteiger partial charge in [0.05, 0.1) is 6.10 Å². The van der Waals surface area contributed by atoms with Crippen molar-refractivity contribution in [2.45, 2.75) is 31.7 Å². The van der Waals surface area contributed by atoms with Crippen LogP contribution < -0.4 is 5.73 Å². The van der Waals surface area contributed by atoms with Gasteiger partial charge in [0.1, 0.15) is 0 Å². The van der Waals surface area contributed by atoms with Gasteiger partial charge >= 0.3 is 6.18 Å². The third-order valence-corrected chi connectivity index (χ3v) is 4.13. The number of nitrogens with two attached hydrogens (primary N) is 1. The zero-order valence-electron chi connectivity index (χ0n) is 9.20. The number of nitrogens with zero attached hydrogens (tertiary/aromatic N) is 1. The molecule has 0 spiro atoms. The predicted molar refractivity (Wildman–Crippen MR) is 57.6 cm³/mol. The second-order valence-electron chi connectivity index (χ2n) is 4.12. The van der Waals surface area contributed by atoms with Crippen LogP contribution in [0.15, 0.2) is 6.20 Å². The molecule has 17 heavy (non-hydrogen) atoms. The lowest BCUT2D eigenvalue weighted by Crippen LogP contribution is -2.25. The molecular weight excluding hydrogens is 253 g/mol. The first-order chi connectivity index (χ1) is 7.89. The molecule has 2 N–H and O–H groups in total. The van der Waals surface area contributed by atoms with E-state index < -0.39 is 17.2 Å². The van der Waals surface area contributed by atoms with Crippen LogP contribution in [0, 0.1) is 5.92 Å². The molecule has 7 heteroatoms. The highest BCUT2D eigenvalue weighted by Gasteiger charge is 2.37. The molecule has 1 aromatic rings. The van der Waals surface area contributed by atoms with Gasteiger partial charge in [-0.05, 0) is 13.3 Å². The molecule has 1 aliphatic heterocycles. The molecule has 2 heterocycles. The lowest BCUT2D eigenvalue weighted by molar-refractivity contribution is -0.137. The third kappa shape index (κ3) is 2.61. The zero-order valence-corrected chi connectivity index (χ0v) is 10.0. The summed E-state index contributed by atoms with van der Waals surface area (Å²) in [5, 5.41) is -0.838. The summed E-state index contributed by atoms with van der Waals surface area (Å²) < 4.78 is 42.6. The average Bonchev–Trinajstić information content (AvgIpc) is 2.83. The largest absolute Gasteiger partial charge is 0.443 e. The van der Waals surface area contributed by atoms with Crippen LogP contribution >= 0.6 is 11.3 Å². The standard InChI is InChI=1S/C10H13F3N2OS/c1-5-6(2-3-16-5)8(14)7-4-15-9(17-7)10(11,12)13/h4-6,8H,2-3,14H2,1H3. The minimum Gasteiger partial charge on any atom is -0.378 e. The van der Waals surface area contributed by atoms with Crippen LogP contribution in [0.1, 0.15) is 29.3 Å². The molecule has 1 saturated heterocycles. The van der Waals surface area contributed by atoms with E-state index in [0.717, 1.165) is 6.42 Å². The van der Waals surface area contributed by atoms with Crippen molar-refractivity contribution >= 4 is 11.3 Å². The van der Waals surface area contributed by atoms with Gasteiger partial charge < -0.3 is 10.5 Å². The molecule has 0 aromatic carbocycles. The quantitative estimate of drug-likeness (QED) is 0.895. The highest BCUT2D eigenvalue weighted by molar-refractivity contribution is 7.11. The van der Waals surface area contributed by atoms with Crippen molar-refractivity contribution in [2.24, 2.45) is 11.7 Å². The predicted octanol–water partition coefficient (Wildman–Crippen LogP) is 2.59. The maximum atomic E-state index is 12.4. The Morgan fingerprint density at radius 1 is 1.59 bits per heavy atom. The fourth-order valence-electron chi connectivity index (χ4n) is 2.00. The Kier molecular flexibility index (Phi) is 3.42. The minimum atomic E-state index is -4.39. The summed E-state index contributed by atoms with van der Waals surface area (Å²) in [4.78, 5) is 3.85. The van der Waals surface area contributed by atoms with Gasteiger partial charge in [0.2, 0.25) is 0 Å². The van der Waals surface area contributed by atoms with Crippen molar-refractivity contribution in [2.75, 3.05) is 6.61 Å². The van der Waals surface area contributed by atoms with Crippen molar-refractivity contribution < 1.29 is 17.9 Å². The van der Waals surface area contributed by atoms with Crippen LogP contribution in [0.25, 0.3) is 0 Å². The Morgan fingerprint density at radius 3 is 2.76 bits per heavy atom. The number of ether oxygens (including phenoxy) is 1. The van der Waals surface area contributed by atoms with E-state index in [0.29, 0.717) is 22.8 Å². The maximum Gasteiger partial charge on any atom is 0.443 e. The fraction of sp³-hybridized carbons (Fsp3) is 0.700. The van der Waals surface area contributed by atoms with Crippen molar-refractivity contribution in [3.8, 4) is 0 Å². The normalized spacial score (nSPS) is 27.4. The van der Waals surface area contributed by atoms with E-state index in [1.807, 2.05) is 6.92 Å². The summed E-state index contributed by atoms with van der Waals surface area (Å²) in [6, 6.07) is -0.430. The highest BCUT2D eigenvalue weighted by atomic mass is 32.1. The number of thiazole rings is 1. The smallest absolute Gasteiger partial charge is 0.378 e. The van der Waals surface area contributed by atoms with E-state index >= 15 is 0 Å². The average molecular weight is 266 g/mol. The van der Waals surface area contributed by atoms with Gasteiger partial charge in [0.25, 0.3) is 0 Å². The third-order valence-electron chi connectivity index (χ3n) is 2.99. The number of rotatable bonds is 2. The second-order valence-corrected chi connectivity index (χ2v) is 5.18. The molecule has 0 amide bonds. The van der Waals surface area contributed by atoms with Crippen molar-refractivity contribution in [3.05, 3.63) is 16.1 Å². The maximum absolute atomic E-state index is 12.4. The zero-order chi connectivity index (χ0) is 12.6. The molecule has 3 nitrogen and oxygen atoms in total. The molecule has 0 radical (unpaired) electrons. The van der Waals surface area contributed by atoms with E-state index in [4.69, 9.17) is 10.5 Å². The molecular formula is C10H13F3N2OS. The highest BCUT2D eigenvalue weighted by Crippen LogP contribution is 2.38. The molecule has 1 aliphatic rings. The van der Waals surface area contributed by atoms with Crippen LogP contribution in [0.3, 0.4) is 0 Å². The molecule has 0 aliphatic carbocycles. The second kappa shape index (κ2) is 4.55. The topological polar surface area (TPSA) is 48.1 Å². The molecule has 3 unspecified atom stereocenters. The van der Waals surface area contributed by atoms with E-state index in [2.05, 4.69) is 4.98 Å². The van der Waals surface area contributed by atoms with Crippen LogP contribution in [-0.4, -0.2) is 17.7 Å². The van der Waals surface area contributed by atoms with Crippen molar-refractivity contribution in [3.63, 3.8) is 0 Å². The van der Waals surface area contributed by atoms with E-state index in [9.17, 15) is 13.2 Å². The Morgan fingerprint density at radius 2 is 2.29 bits per heavy atom. The summed E-state index contributed by atoms with van der Waals surface area (Å²) in [5.41, 5.74) is 5.97. The van der Waals surface area contributed by atoms with Crippen LogP contribution in [0.4, 0.5) is 13.2 Å². The number of hydrogen-bond donors (Lipinski definition) is 1. The SMILES string of the molecule is CC1OCCC1C(N)c1cnc(C(F)(F)F)s1. The summed E-state index contributed by atoms with van der Waals surface area (Å²) in [7, 11) is 0. The van der Waals surface area contributed by atoms with Gasteiger partial charge in [-0.15, -0.1) is 11.3 Å². The Hall–Kier alpha value is -0.660. The molecule has 1 fully saturated rings. The van der Waals surface area contributed by atoms with Crippen LogP contribution in [-0.2, 0) is 10.9 Å². The molecule has 0 bridgehead atoms. The van der Waals surface area contributed by atoms with Gasteiger partial charge in [0.15, 0.2) is 5.01 Å². The summed E-state index contributed by atoms with van der Waals surface area (Å²) in [5.74, 6) is 0.0662. The Bertz CT molecular complexity index is 393. The summed E-state index contributed by atoms with van der Waals surface area (Å²) in [6.07, 6.45) is -2.40. The van der Waals surface area contributed by atoms with Crippen LogP contribution in [0.5, 0.6) is 0 Å². The Balaban J connectivity index is 2.14. The van der Waals surface area contributed by atoms with Gasteiger partial charge in [0, 0.05) is 29.6 Å². The first kappa shape index (κ1) is 12.8. The Labute approximate surface area is 101 Å². The number of halogens is 3. The van der Waals surface area contributed by atoms with E-state index in [-0.39, 0.29) is 12.0 Å². The molecule has 0 saturated carbocycles. The minimum absolute atomic E-state index is 0.0126. The van der Waals surface area contributed by atoms with Crippen molar-refractivity contribution in [1.82, 2.24) is 4.98 Å². The molecule has 96 valence electrons. The number of hydrogen-bond acceptors (Lipinski definition) is 4. The van der Waals surface area contributed by atoms with Gasteiger partial charge in [-0.25, -0.2) is 4.98 Å². The molecule has 1 aromatic heterocycles.